The van der Waals surface area contributed by atoms with Crippen molar-refractivity contribution in [2.45, 2.75) is 12.5 Å². The lowest BCUT2D eigenvalue weighted by Crippen LogP contribution is -2.03. The smallest absolute Gasteiger partial charge is 0.180 e. The number of para-hydroxylation sites is 1. The van der Waals surface area contributed by atoms with Gasteiger partial charge in [0.25, 0.3) is 0 Å². The summed E-state index contributed by atoms with van der Waals surface area (Å²) in [5.74, 6) is 0.904. The second-order valence-corrected chi connectivity index (χ2v) is 3.46. The number of nitrogens with one attached hydrogen (secondary N) is 1. The van der Waals surface area contributed by atoms with Gasteiger partial charge in [0.15, 0.2) is 6.39 Å². The first-order valence-corrected chi connectivity index (χ1v) is 4.66. The zero-order valence-corrected chi connectivity index (χ0v) is 7.60. The molecule has 1 atom stereocenters. The van der Waals surface area contributed by atoms with Crippen LogP contribution in [0.15, 0.2) is 41.3 Å². The lowest BCUT2D eigenvalue weighted by Gasteiger charge is -2.05. The fraction of sp³-hybridized carbons (Fsp3) is 0.182. The first-order valence-electron chi connectivity index (χ1n) is 4.66. The number of nitrogens with zero attached hydrogens (tertiary/aromatic N) is 1. The molecule has 0 aliphatic carbocycles. The average Bonchev–Trinajstić information content (AvgIpc) is 2.86. The fourth-order valence-corrected chi connectivity index (χ4v) is 1.87. The van der Waals surface area contributed by atoms with Crippen molar-refractivity contribution >= 4 is 5.69 Å². The zero-order chi connectivity index (χ0) is 9.38. The third-order valence-electron chi connectivity index (χ3n) is 2.57. The molecule has 0 radical (unpaired) electrons. The molecule has 1 N–H and O–H groups in total. The molecule has 2 aromatic rings. The van der Waals surface area contributed by atoms with Crippen LogP contribution in [0, 0.1) is 0 Å². The van der Waals surface area contributed by atoms with Crippen LogP contribution in [0.5, 0.6) is 0 Å². The molecule has 0 fully saturated rings. The molecule has 70 valence electrons. The molecule has 1 aliphatic heterocycles. The van der Waals surface area contributed by atoms with Gasteiger partial charge in [-0.2, -0.15) is 0 Å². The summed E-state index contributed by atoms with van der Waals surface area (Å²) in [6.45, 7) is 0. The monoisotopic (exact) mass is 186 g/mol. The van der Waals surface area contributed by atoms with Crippen molar-refractivity contribution in [3.05, 3.63) is 48.2 Å². The Hall–Kier alpha value is -1.77. The van der Waals surface area contributed by atoms with Gasteiger partial charge in [-0.1, -0.05) is 18.2 Å². The van der Waals surface area contributed by atoms with Crippen LogP contribution in [0.4, 0.5) is 5.69 Å². The van der Waals surface area contributed by atoms with Gasteiger partial charge < -0.3 is 9.73 Å². The average molecular weight is 186 g/mol. The predicted molar refractivity (Wildman–Crippen MR) is 53.0 cm³/mol. The Morgan fingerprint density at radius 2 is 2.29 bits per heavy atom. The van der Waals surface area contributed by atoms with E-state index in [1.807, 2.05) is 6.07 Å². The molecule has 14 heavy (non-hydrogen) atoms. The van der Waals surface area contributed by atoms with Crippen LogP contribution in [0.25, 0.3) is 0 Å². The van der Waals surface area contributed by atoms with E-state index in [-0.39, 0.29) is 6.04 Å². The first-order chi connectivity index (χ1) is 6.93. The van der Waals surface area contributed by atoms with E-state index < -0.39 is 0 Å². The summed E-state index contributed by atoms with van der Waals surface area (Å²) in [7, 11) is 0. The van der Waals surface area contributed by atoms with Crippen molar-refractivity contribution in [2.75, 3.05) is 5.32 Å². The van der Waals surface area contributed by atoms with Crippen molar-refractivity contribution in [2.24, 2.45) is 0 Å². The van der Waals surface area contributed by atoms with Gasteiger partial charge in [-0.3, -0.25) is 0 Å². The van der Waals surface area contributed by atoms with Gasteiger partial charge in [0.2, 0.25) is 0 Å². The Morgan fingerprint density at radius 3 is 3.07 bits per heavy atom. The van der Waals surface area contributed by atoms with Crippen molar-refractivity contribution in [3.63, 3.8) is 0 Å². The largest absolute Gasteiger partial charge is 0.446 e. The van der Waals surface area contributed by atoms with Gasteiger partial charge in [-0.15, -0.1) is 0 Å². The van der Waals surface area contributed by atoms with Crippen molar-refractivity contribution < 1.29 is 4.42 Å². The Balaban J connectivity index is 1.92. The number of fused-ring (bicyclic) bond motifs is 1. The third-order valence-corrected chi connectivity index (χ3v) is 2.57. The number of hydrogen-bond donors (Lipinski definition) is 1. The van der Waals surface area contributed by atoms with E-state index in [0.717, 1.165) is 12.2 Å². The summed E-state index contributed by atoms with van der Waals surface area (Å²) in [5, 5.41) is 3.40. The molecule has 0 amide bonds. The van der Waals surface area contributed by atoms with E-state index in [0.29, 0.717) is 0 Å². The molecule has 2 heterocycles. The van der Waals surface area contributed by atoms with Crippen LogP contribution < -0.4 is 5.32 Å². The minimum Gasteiger partial charge on any atom is -0.446 e. The lowest BCUT2D eigenvalue weighted by atomic mass is 10.1. The number of oxazole rings is 1. The highest BCUT2D eigenvalue weighted by molar-refractivity contribution is 5.57. The van der Waals surface area contributed by atoms with Crippen LogP contribution >= 0.6 is 0 Å². The normalized spacial score (nSPS) is 19.0. The SMILES string of the molecule is c1ccc2c(c1)CC(c1cnco1)N2. The molecule has 0 saturated carbocycles. The van der Waals surface area contributed by atoms with Gasteiger partial charge in [-0.05, 0) is 11.6 Å². The van der Waals surface area contributed by atoms with Crippen LogP contribution in [-0.4, -0.2) is 4.98 Å². The summed E-state index contributed by atoms with van der Waals surface area (Å²) < 4.78 is 5.28. The second kappa shape index (κ2) is 2.87. The van der Waals surface area contributed by atoms with Gasteiger partial charge >= 0.3 is 0 Å². The second-order valence-electron chi connectivity index (χ2n) is 3.46. The van der Waals surface area contributed by atoms with E-state index in [9.17, 15) is 0 Å². The first kappa shape index (κ1) is 7.62. The topological polar surface area (TPSA) is 38.1 Å². The van der Waals surface area contributed by atoms with Gasteiger partial charge in [0.1, 0.15) is 5.76 Å². The van der Waals surface area contributed by atoms with Crippen molar-refractivity contribution in [1.82, 2.24) is 4.98 Å². The third kappa shape index (κ3) is 1.09. The van der Waals surface area contributed by atoms with Crippen LogP contribution in [0.2, 0.25) is 0 Å². The summed E-state index contributed by atoms with van der Waals surface area (Å²) >= 11 is 0. The molecule has 0 spiro atoms. The minimum atomic E-state index is 0.245. The highest BCUT2D eigenvalue weighted by Crippen LogP contribution is 2.33. The number of anilines is 1. The van der Waals surface area contributed by atoms with Crippen LogP contribution in [0.1, 0.15) is 17.4 Å². The maximum Gasteiger partial charge on any atom is 0.180 e. The molecule has 0 bridgehead atoms. The fourth-order valence-electron chi connectivity index (χ4n) is 1.87. The molecule has 1 aromatic heterocycles. The van der Waals surface area contributed by atoms with Gasteiger partial charge in [0, 0.05) is 12.1 Å². The quantitative estimate of drug-likeness (QED) is 0.743. The highest BCUT2D eigenvalue weighted by atomic mass is 16.3. The van der Waals surface area contributed by atoms with E-state index in [4.69, 9.17) is 4.42 Å². The van der Waals surface area contributed by atoms with Gasteiger partial charge in [-0.25, -0.2) is 4.98 Å². The Labute approximate surface area is 81.8 Å². The molecule has 3 heteroatoms. The number of rotatable bonds is 1. The molecule has 3 rings (SSSR count). The minimum absolute atomic E-state index is 0.245. The lowest BCUT2D eigenvalue weighted by molar-refractivity contribution is 0.479. The molecule has 3 nitrogen and oxygen atoms in total. The maximum absolute atomic E-state index is 5.28. The van der Waals surface area contributed by atoms with Crippen LogP contribution in [-0.2, 0) is 6.42 Å². The summed E-state index contributed by atoms with van der Waals surface area (Å²) in [5.41, 5.74) is 2.54. The zero-order valence-electron chi connectivity index (χ0n) is 7.60. The number of benzene rings is 1. The van der Waals surface area contributed by atoms with Crippen LogP contribution in [0.3, 0.4) is 0 Å². The molecule has 0 saturated heterocycles. The molecular weight excluding hydrogens is 176 g/mol. The summed E-state index contributed by atoms with van der Waals surface area (Å²) in [6, 6.07) is 8.57. The van der Waals surface area contributed by atoms with E-state index in [1.165, 1.54) is 17.6 Å². The summed E-state index contributed by atoms with van der Waals surface area (Å²) in [6.07, 6.45) is 4.22. The maximum atomic E-state index is 5.28. The van der Waals surface area contributed by atoms with Gasteiger partial charge in [0.05, 0.1) is 12.2 Å². The van der Waals surface area contributed by atoms with Crippen molar-refractivity contribution in [3.8, 4) is 0 Å². The molecule has 1 aromatic carbocycles. The Morgan fingerprint density at radius 1 is 1.36 bits per heavy atom. The highest BCUT2D eigenvalue weighted by Gasteiger charge is 2.23. The Kier molecular flexibility index (Phi) is 1.56. The summed E-state index contributed by atoms with van der Waals surface area (Å²) in [4.78, 5) is 3.92. The Bertz CT molecular complexity index is 411. The van der Waals surface area contributed by atoms with E-state index >= 15 is 0 Å². The number of hydrogen-bond acceptors (Lipinski definition) is 3. The molecule has 1 aliphatic rings. The standard InChI is InChI=1S/C11H10N2O/c1-2-4-9-8(3-1)5-10(13-9)11-6-12-7-14-11/h1-4,6-7,10,13H,5H2. The molecule has 1 unspecified atom stereocenters. The van der Waals surface area contributed by atoms with E-state index in [2.05, 4.69) is 28.5 Å². The van der Waals surface area contributed by atoms with Crippen molar-refractivity contribution in [1.29, 1.82) is 0 Å². The predicted octanol–water partition coefficient (Wildman–Crippen LogP) is 2.38. The molecular formula is C11H10N2O. The number of aromatic nitrogens is 1. The van der Waals surface area contributed by atoms with E-state index in [1.54, 1.807) is 6.20 Å².